The van der Waals surface area contributed by atoms with E-state index in [1.54, 1.807) is 6.20 Å². The van der Waals surface area contributed by atoms with E-state index in [9.17, 15) is 0 Å². The van der Waals surface area contributed by atoms with Gasteiger partial charge in [-0.25, -0.2) is 0 Å². The summed E-state index contributed by atoms with van der Waals surface area (Å²) in [5, 5.41) is 11.3. The molecule has 1 aromatic heterocycles. The molecular formula is C10H17N3S. The van der Waals surface area contributed by atoms with Crippen molar-refractivity contribution in [1.82, 2.24) is 15.5 Å². The van der Waals surface area contributed by atoms with E-state index in [1.807, 2.05) is 17.8 Å². The number of hydrogen-bond acceptors (Lipinski definition) is 3. The van der Waals surface area contributed by atoms with Gasteiger partial charge in [-0.1, -0.05) is 0 Å². The Hall–Kier alpha value is -0.480. The zero-order chi connectivity index (χ0) is 9.80. The van der Waals surface area contributed by atoms with Crippen molar-refractivity contribution in [3.63, 3.8) is 0 Å². The van der Waals surface area contributed by atoms with Crippen LogP contribution in [0.4, 0.5) is 0 Å². The number of rotatable bonds is 4. The Morgan fingerprint density at radius 2 is 2.57 bits per heavy atom. The first kappa shape index (κ1) is 10.1. The zero-order valence-corrected chi connectivity index (χ0v) is 9.31. The van der Waals surface area contributed by atoms with E-state index in [0.717, 1.165) is 11.8 Å². The molecule has 0 aliphatic heterocycles. The molecule has 0 spiro atoms. The lowest BCUT2D eigenvalue weighted by atomic mass is 10.2. The number of nitrogens with zero attached hydrogens (tertiary/aromatic N) is 1. The minimum absolute atomic E-state index is 0.704. The normalized spacial score (nSPS) is 26.9. The van der Waals surface area contributed by atoms with Crippen LogP contribution in [0.5, 0.6) is 0 Å². The van der Waals surface area contributed by atoms with Gasteiger partial charge in [0.2, 0.25) is 0 Å². The van der Waals surface area contributed by atoms with Crippen LogP contribution in [0, 0.1) is 0 Å². The molecule has 2 N–H and O–H groups in total. The maximum absolute atomic E-state index is 3.93. The highest BCUT2D eigenvalue weighted by Crippen LogP contribution is 2.28. The molecule has 2 rings (SSSR count). The Balaban J connectivity index is 1.72. The van der Waals surface area contributed by atoms with Crippen LogP contribution < -0.4 is 5.32 Å². The predicted molar refractivity (Wildman–Crippen MR) is 60.4 cm³/mol. The average molecular weight is 211 g/mol. The van der Waals surface area contributed by atoms with Crippen LogP contribution in [0.2, 0.25) is 0 Å². The third-order valence-corrected chi connectivity index (χ3v) is 3.95. The lowest BCUT2D eigenvalue weighted by Gasteiger charge is -2.11. The SMILES string of the molecule is CSC1CCC(NCc2ccn[nH]2)C1. The Labute approximate surface area is 89.1 Å². The second-order valence-corrected chi connectivity index (χ2v) is 4.97. The van der Waals surface area contributed by atoms with Crippen molar-refractivity contribution in [1.29, 1.82) is 0 Å². The average Bonchev–Trinajstić information content (AvgIpc) is 2.86. The van der Waals surface area contributed by atoms with Crippen LogP contribution in [0.3, 0.4) is 0 Å². The van der Waals surface area contributed by atoms with Crippen LogP contribution in [-0.2, 0) is 6.54 Å². The minimum atomic E-state index is 0.704. The fourth-order valence-electron chi connectivity index (χ4n) is 1.98. The van der Waals surface area contributed by atoms with Gasteiger partial charge in [0.05, 0.1) is 0 Å². The van der Waals surface area contributed by atoms with E-state index in [0.29, 0.717) is 6.04 Å². The monoisotopic (exact) mass is 211 g/mol. The molecule has 0 amide bonds. The highest BCUT2D eigenvalue weighted by atomic mass is 32.2. The van der Waals surface area contributed by atoms with Gasteiger partial charge in [0.25, 0.3) is 0 Å². The molecule has 4 heteroatoms. The minimum Gasteiger partial charge on any atom is -0.308 e. The molecule has 2 atom stereocenters. The first-order valence-corrected chi connectivity index (χ1v) is 6.41. The molecule has 1 heterocycles. The second kappa shape index (κ2) is 4.84. The number of hydrogen-bond donors (Lipinski definition) is 2. The fraction of sp³-hybridized carbons (Fsp3) is 0.700. The fourth-order valence-corrected chi connectivity index (χ4v) is 2.77. The van der Waals surface area contributed by atoms with Gasteiger partial charge >= 0.3 is 0 Å². The molecular weight excluding hydrogens is 194 g/mol. The summed E-state index contributed by atoms with van der Waals surface area (Å²) in [4.78, 5) is 0. The topological polar surface area (TPSA) is 40.7 Å². The standard InChI is InChI=1S/C10H17N3S/c1-14-10-3-2-8(6-10)11-7-9-4-5-12-13-9/h4-5,8,10-11H,2-3,6-7H2,1H3,(H,12,13). The third-order valence-electron chi connectivity index (χ3n) is 2.86. The van der Waals surface area contributed by atoms with E-state index in [1.165, 1.54) is 25.0 Å². The Kier molecular flexibility index (Phi) is 3.48. The van der Waals surface area contributed by atoms with Gasteiger partial charge in [0.1, 0.15) is 0 Å². The van der Waals surface area contributed by atoms with Crippen molar-refractivity contribution in [2.24, 2.45) is 0 Å². The quantitative estimate of drug-likeness (QED) is 0.797. The largest absolute Gasteiger partial charge is 0.308 e. The molecule has 1 aliphatic carbocycles. The first-order chi connectivity index (χ1) is 6.88. The summed E-state index contributed by atoms with van der Waals surface area (Å²) < 4.78 is 0. The summed E-state index contributed by atoms with van der Waals surface area (Å²) in [6.45, 7) is 0.922. The molecule has 1 saturated carbocycles. The number of aromatic amines is 1. The maximum atomic E-state index is 3.93. The van der Waals surface area contributed by atoms with Gasteiger partial charge < -0.3 is 5.32 Å². The number of thioether (sulfide) groups is 1. The Bertz CT molecular complexity index is 260. The van der Waals surface area contributed by atoms with E-state index < -0.39 is 0 Å². The highest BCUT2D eigenvalue weighted by Gasteiger charge is 2.23. The maximum Gasteiger partial charge on any atom is 0.0490 e. The van der Waals surface area contributed by atoms with Crippen molar-refractivity contribution < 1.29 is 0 Å². The molecule has 2 unspecified atom stereocenters. The first-order valence-electron chi connectivity index (χ1n) is 5.13. The molecule has 1 aliphatic rings. The number of H-pyrrole nitrogens is 1. The molecule has 0 bridgehead atoms. The van der Waals surface area contributed by atoms with Crippen molar-refractivity contribution in [2.45, 2.75) is 37.1 Å². The van der Waals surface area contributed by atoms with Crippen LogP contribution in [0.25, 0.3) is 0 Å². The summed E-state index contributed by atoms with van der Waals surface area (Å²) in [7, 11) is 0. The molecule has 0 saturated heterocycles. The van der Waals surface area contributed by atoms with Gasteiger partial charge in [-0.15, -0.1) is 0 Å². The van der Waals surface area contributed by atoms with Gasteiger partial charge in [-0.3, -0.25) is 5.10 Å². The van der Waals surface area contributed by atoms with Crippen LogP contribution in [0.1, 0.15) is 25.0 Å². The summed E-state index contributed by atoms with van der Waals surface area (Å²) in [6, 6.07) is 2.73. The smallest absolute Gasteiger partial charge is 0.0490 e. The molecule has 0 radical (unpaired) electrons. The van der Waals surface area contributed by atoms with E-state index in [2.05, 4.69) is 21.8 Å². The van der Waals surface area contributed by atoms with Crippen LogP contribution >= 0.6 is 11.8 Å². The van der Waals surface area contributed by atoms with Crippen LogP contribution in [-0.4, -0.2) is 27.7 Å². The summed E-state index contributed by atoms with van der Waals surface area (Å²) >= 11 is 2.00. The van der Waals surface area contributed by atoms with E-state index in [4.69, 9.17) is 0 Å². The highest BCUT2D eigenvalue weighted by molar-refractivity contribution is 7.99. The molecule has 1 fully saturated rings. The van der Waals surface area contributed by atoms with Gasteiger partial charge in [-0.05, 0) is 31.6 Å². The van der Waals surface area contributed by atoms with Crippen LogP contribution in [0.15, 0.2) is 12.3 Å². The Morgan fingerprint density at radius 1 is 1.64 bits per heavy atom. The van der Waals surface area contributed by atoms with Crippen molar-refractivity contribution >= 4 is 11.8 Å². The summed E-state index contributed by atoms with van der Waals surface area (Å²) in [6.07, 6.45) is 8.01. The molecule has 1 aromatic rings. The van der Waals surface area contributed by atoms with E-state index in [-0.39, 0.29) is 0 Å². The number of aromatic nitrogens is 2. The lowest BCUT2D eigenvalue weighted by molar-refractivity contribution is 0.520. The molecule has 3 nitrogen and oxygen atoms in total. The third kappa shape index (κ3) is 2.51. The predicted octanol–water partition coefficient (Wildman–Crippen LogP) is 1.78. The van der Waals surface area contributed by atoms with Crippen molar-refractivity contribution in [2.75, 3.05) is 6.26 Å². The van der Waals surface area contributed by atoms with E-state index >= 15 is 0 Å². The lowest BCUT2D eigenvalue weighted by Crippen LogP contribution is -2.26. The van der Waals surface area contributed by atoms with Gasteiger partial charge in [0, 0.05) is 29.7 Å². The molecule has 0 aromatic carbocycles. The van der Waals surface area contributed by atoms with Gasteiger partial charge in [0.15, 0.2) is 0 Å². The molecule has 14 heavy (non-hydrogen) atoms. The molecule has 78 valence electrons. The van der Waals surface area contributed by atoms with Crippen molar-refractivity contribution in [3.05, 3.63) is 18.0 Å². The second-order valence-electron chi connectivity index (χ2n) is 3.83. The number of nitrogens with one attached hydrogen (secondary N) is 2. The summed E-state index contributed by atoms with van der Waals surface area (Å²) in [5.74, 6) is 0. The Morgan fingerprint density at radius 3 is 3.21 bits per heavy atom. The van der Waals surface area contributed by atoms with Gasteiger partial charge in [-0.2, -0.15) is 16.9 Å². The summed E-state index contributed by atoms with van der Waals surface area (Å²) in [5.41, 5.74) is 1.18. The zero-order valence-electron chi connectivity index (χ0n) is 8.49. The van der Waals surface area contributed by atoms with Crippen molar-refractivity contribution in [3.8, 4) is 0 Å².